The lowest BCUT2D eigenvalue weighted by molar-refractivity contribution is -0.154. The van der Waals surface area contributed by atoms with Crippen molar-refractivity contribution in [2.24, 2.45) is 0 Å². The van der Waals surface area contributed by atoms with Gasteiger partial charge in [-0.1, -0.05) is 60.2 Å². The van der Waals surface area contributed by atoms with Gasteiger partial charge in [-0.25, -0.2) is 0 Å². The van der Waals surface area contributed by atoms with Crippen molar-refractivity contribution in [1.82, 2.24) is 5.32 Å². The van der Waals surface area contributed by atoms with Gasteiger partial charge in [0.05, 0.1) is 6.42 Å². The third-order valence-corrected chi connectivity index (χ3v) is 3.70. The highest BCUT2D eigenvalue weighted by molar-refractivity contribution is 5.83. The third kappa shape index (κ3) is 5.88. The minimum absolute atomic E-state index is 0.169. The van der Waals surface area contributed by atoms with E-state index in [9.17, 15) is 9.59 Å². The van der Waals surface area contributed by atoms with E-state index in [-0.39, 0.29) is 12.3 Å². The normalized spacial score (nSPS) is 11.6. The molecule has 0 radical (unpaired) electrons. The molecule has 4 heteroatoms. The van der Waals surface area contributed by atoms with Crippen molar-refractivity contribution in [3.8, 4) is 0 Å². The van der Waals surface area contributed by atoms with Gasteiger partial charge in [0.1, 0.15) is 0 Å². The topological polar surface area (TPSA) is 55.4 Å². The summed E-state index contributed by atoms with van der Waals surface area (Å²) in [7, 11) is 0. The van der Waals surface area contributed by atoms with E-state index >= 15 is 0 Å². The maximum atomic E-state index is 12.0. The highest BCUT2D eigenvalue weighted by Crippen LogP contribution is 2.06. The average molecular weight is 325 g/mol. The first-order valence-electron chi connectivity index (χ1n) is 8.11. The van der Waals surface area contributed by atoms with E-state index in [0.29, 0.717) is 6.54 Å². The molecule has 0 aliphatic heterocycles. The van der Waals surface area contributed by atoms with E-state index in [2.05, 4.69) is 5.32 Å². The lowest BCUT2D eigenvalue weighted by Gasteiger charge is -2.13. The van der Waals surface area contributed by atoms with Gasteiger partial charge in [0, 0.05) is 6.54 Å². The van der Waals surface area contributed by atoms with E-state index in [1.807, 2.05) is 61.5 Å². The zero-order valence-electron chi connectivity index (χ0n) is 14.1. The van der Waals surface area contributed by atoms with Crippen LogP contribution >= 0.6 is 0 Å². The van der Waals surface area contributed by atoms with Crippen LogP contribution in [-0.4, -0.2) is 24.5 Å². The molecule has 24 heavy (non-hydrogen) atoms. The predicted octanol–water partition coefficient (Wildman–Crippen LogP) is 2.83. The smallest absolute Gasteiger partial charge is 0.311 e. The molecule has 0 aliphatic carbocycles. The van der Waals surface area contributed by atoms with Gasteiger partial charge in [-0.3, -0.25) is 9.59 Å². The van der Waals surface area contributed by atoms with Crippen LogP contribution in [0, 0.1) is 6.92 Å². The fraction of sp³-hybridized carbons (Fsp3) is 0.300. The maximum Gasteiger partial charge on any atom is 0.311 e. The Morgan fingerprint density at radius 2 is 1.67 bits per heavy atom. The highest BCUT2D eigenvalue weighted by Gasteiger charge is 2.17. The number of benzene rings is 2. The molecule has 0 aliphatic rings. The summed E-state index contributed by atoms with van der Waals surface area (Å²) < 4.78 is 5.20. The van der Waals surface area contributed by atoms with Crippen molar-refractivity contribution in [3.05, 3.63) is 71.3 Å². The molecule has 0 saturated heterocycles. The number of amides is 1. The zero-order chi connectivity index (χ0) is 17.4. The number of hydrogen-bond donors (Lipinski definition) is 1. The Balaban J connectivity index is 1.72. The molecule has 0 unspecified atom stereocenters. The van der Waals surface area contributed by atoms with Crippen molar-refractivity contribution in [1.29, 1.82) is 0 Å². The molecule has 0 fully saturated rings. The van der Waals surface area contributed by atoms with Crippen LogP contribution < -0.4 is 5.32 Å². The molecule has 126 valence electrons. The Morgan fingerprint density at radius 3 is 2.33 bits per heavy atom. The molecule has 0 heterocycles. The predicted molar refractivity (Wildman–Crippen MR) is 93.6 cm³/mol. The molecule has 1 N–H and O–H groups in total. The summed E-state index contributed by atoms with van der Waals surface area (Å²) in [5.74, 6) is -0.673. The molecular formula is C20H23NO3. The Labute approximate surface area is 142 Å². The van der Waals surface area contributed by atoms with Gasteiger partial charge >= 0.3 is 5.97 Å². The molecule has 0 saturated carbocycles. The third-order valence-electron chi connectivity index (χ3n) is 3.70. The average Bonchev–Trinajstić information content (AvgIpc) is 2.57. The largest absolute Gasteiger partial charge is 0.452 e. The molecule has 2 aromatic carbocycles. The summed E-state index contributed by atoms with van der Waals surface area (Å²) in [5.41, 5.74) is 3.17. The Bertz CT molecular complexity index is 665. The first-order chi connectivity index (χ1) is 11.5. The standard InChI is InChI=1S/C20H23NO3/c1-15-8-10-18(11-9-15)14-19(22)24-16(2)20(23)21-13-12-17-6-4-3-5-7-17/h3-11,16H,12-14H2,1-2H3,(H,21,23)/t16-/m1/s1. The van der Waals surface area contributed by atoms with Crippen LogP contribution in [-0.2, 0) is 27.2 Å². The van der Waals surface area contributed by atoms with E-state index in [1.165, 1.54) is 0 Å². The Morgan fingerprint density at radius 1 is 1.00 bits per heavy atom. The van der Waals surface area contributed by atoms with Crippen molar-refractivity contribution in [2.75, 3.05) is 6.54 Å². The second kappa shape index (κ2) is 8.87. The number of ether oxygens (including phenoxy) is 1. The molecule has 0 aromatic heterocycles. The van der Waals surface area contributed by atoms with Crippen LogP contribution in [0.5, 0.6) is 0 Å². The van der Waals surface area contributed by atoms with Crippen molar-refractivity contribution >= 4 is 11.9 Å². The summed E-state index contributed by atoms with van der Waals surface area (Å²) >= 11 is 0. The number of nitrogens with one attached hydrogen (secondary N) is 1. The van der Waals surface area contributed by atoms with Gasteiger partial charge in [0.15, 0.2) is 6.10 Å². The first-order valence-corrected chi connectivity index (χ1v) is 8.11. The molecule has 1 amide bonds. The summed E-state index contributed by atoms with van der Waals surface area (Å²) in [5, 5.41) is 2.79. The second-order valence-corrected chi connectivity index (χ2v) is 5.82. The number of rotatable bonds is 7. The van der Waals surface area contributed by atoms with Crippen LogP contribution in [0.3, 0.4) is 0 Å². The zero-order valence-corrected chi connectivity index (χ0v) is 14.1. The Kier molecular flexibility index (Phi) is 6.55. The number of carbonyl (C=O) groups excluding carboxylic acids is 2. The summed E-state index contributed by atoms with van der Waals surface area (Å²) in [4.78, 5) is 23.9. The van der Waals surface area contributed by atoms with E-state index in [0.717, 1.165) is 23.1 Å². The van der Waals surface area contributed by atoms with Gasteiger partial charge in [0.25, 0.3) is 5.91 Å². The minimum Gasteiger partial charge on any atom is -0.452 e. The van der Waals surface area contributed by atoms with Gasteiger partial charge in [0.2, 0.25) is 0 Å². The molecule has 0 spiro atoms. The number of carbonyl (C=O) groups is 2. The molecule has 4 nitrogen and oxygen atoms in total. The van der Waals surface area contributed by atoms with Gasteiger partial charge < -0.3 is 10.1 Å². The fourth-order valence-corrected chi connectivity index (χ4v) is 2.28. The molecule has 2 aromatic rings. The maximum absolute atomic E-state index is 12.0. The van der Waals surface area contributed by atoms with E-state index in [1.54, 1.807) is 6.92 Å². The second-order valence-electron chi connectivity index (χ2n) is 5.82. The quantitative estimate of drug-likeness (QED) is 0.797. The van der Waals surface area contributed by atoms with Crippen molar-refractivity contribution < 1.29 is 14.3 Å². The van der Waals surface area contributed by atoms with Gasteiger partial charge in [-0.05, 0) is 31.4 Å². The highest BCUT2D eigenvalue weighted by atomic mass is 16.5. The summed E-state index contributed by atoms with van der Waals surface area (Å²) in [6.45, 7) is 4.09. The lowest BCUT2D eigenvalue weighted by atomic mass is 10.1. The summed E-state index contributed by atoms with van der Waals surface area (Å²) in [6, 6.07) is 17.6. The van der Waals surface area contributed by atoms with Gasteiger partial charge in [-0.15, -0.1) is 0 Å². The van der Waals surface area contributed by atoms with Crippen molar-refractivity contribution in [2.45, 2.75) is 32.8 Å². The van der Waals surface area contributed by atoms with E-state index < -0.39 is 12.1 Å². The minimum atomic E-state index is -0.793. The fourth-order valence-electron chi connectivity index (χ4n) is 2.28. The number of hydrogen-bond acceptors (Lipinski definition) is 3. The molecule has 0 bridgehead atoms. The van der Waals surface area contributed by atoms with Gasteiger partial charge in [-0.2, -0.15) is 0 Å². The first kappa shape index (κ1) is 17.7. The number of esters is 1. The summed E-state index contributed by atoms with van der Waals surface area (Å²) in [6.07, 6.45) is 0.122. The van der Waals surface area contributed by atoms with Crippen LogP contribution in [0.1, 0.15) is 23.6 Å². The monoisotopic (exact) mass is 325 g/mol. The SMILES string of the molecule is Cc1ccc(CC(=O)O[C@H](C)C(=O)NCCc2ccccc2)cc1. The molecular weight excluding hydrogens is 302 g/mol. The van der Waals surface area contributed by atoms with E-state index in [4.69, 9.17) is 4.74 Å². The van der Waals surface area contributed by atoms with Crippen LogP contribution in [0.2, 0.25) is 0 Å². The van der Waals surface area contributed by atoms with Crippen LogP contribution in [0.15, 0.2) is 54.6 Å². The molecule has 1 atom stereocenters. The molecule has 2 rings (SSSR count). The van der Waals surface area contributed by atoms with Crippen molar-refractivity contribution in [3.63, 3.8) is 0 Å². The van der Waals surface area contributed by atoms with Crippen LogP contribution in [0.4, 0.5) is 0 Å². The number of aryl methyl sites for hydroxylation is 1. The lowest BCUT2D eigenvalue weighted by Crippen LogP contribution is -2.37. The van der Waals surface area contributed by atoms with Crippen LogP contribution in [0.25, 0.3) is 0 Å². The Hall–Kier alpha value is -2.62.